The minimum Gasteiger partial charge on any atom is -0.289 e. The molecule has 0 bridgehead atoms. The average Bonchev–Trinajstić information content (AvgIpc) is 3.45. The highest BCUT2D eigenvalue weighted by molar-refractivity contribution is 5.80. The van der Waals surface area contributed by atoms with Crippen LogP contribution in [0.4, 0.5) is 4.39 Å². The second-order valence-corrected chi connectivity index (χ2v) is 8.31. The number of aromatic amines is 1. The van der Waals surface area contributed by atoms with Gasteiger partial charge in [0, 0.05) is 11.6 Å². The second-order valence-electron chi connectivity index (χ2n) is 8.31. The van der Waals surface area contributed by atoms with Gasteiger partial charge in [-0.2, -0.15) is 9.60 Å². The monoisotopic (exact) mass is 448 g/mol. The third kappa shape index (κ3) is 4.51. The maximum atomic E-state index is 15.2. The summed E-state index contributed by atoms with van der Waals surface area (Å²) in [5, 5.41) is 14.3. The van der Waals surface area contributed by atoms with Crippen molar-refractivity contribution in [2.45, 2.75) is 59.0 Å². The molecule has 0 saturated carbocycles. The molecule has 0 aliphatic heterocycles. The summed E-state index contributed by atoms with van der Waals surface area (Å²) in [6.07, 6.45) is 3.03. The Labute approximate surface area is 192 Å². The first-order valence-electron chi connectivity index (χ1n) is 11.5. The van der Waals surface area contributed by atoms with E-state index >= 15 is 4.39 Å². The summed E-state index contributed by atoms with van der Waals surface area (Å²) >= 11 is 0. The van der Waals surface area contributed by atoms with E-state index < -0.39 is 5.95 Å². The largest absolute Gasteiger partial charge is 0.331 e. The molecule has 0 spiro atoms. The van der Waals surface area contributed by atoms with Gasteiger partial charge in [-0.3, -0.25) is 9.13 Å². The number of tetrazole rings is 1. The fourth-order valence-corrected chi connectivity index (χ4v) is 4.07. The van der Waals surface area contributed by atoms with E-state index in [1.54, 1.807) is 4.57 Å². The molecule has 2 heterocycles. The lowest BCUT2D eigenvalue weighted by Crippen LogP contribution is -2.27. The lowest BCUT2D eigenvalue weighted by Gasteiger charge is -2.10. The quantitative estimate of drug-likeness (QED) is 0.391. The van der Waals surface area contributed by atoms with Gasteiger partial charge in [0.2, 0.25) is 11.8 Å². The molecule has 2 aromatic carbocycles. The Hall–Kier alpha value is -3.55. The van der Waals surface area contributed by atoms with E-state index in [0.717, 1.165) is 35.1 Å². The van der Waals surface area contributed by atoms with Crippen LogP contribution in [-0.2, 0) is 13.0 Å². The zero-order valence-corrected chi connectivity index (χ0v) is 19.3. The number of unbranched alkanes of at least 4 members (excludes halogenated alkanes) is 1. The number of halogens is 1. The SMILES string of the molecule is CCCCc1c(F)n(C(C)CC)c(=O)n1Cc1ccc(-c2ccccc2-c2nn[nH]n2)cc1. The Morgan fingerprint density at radius 3 is 2.42 bits per heavy atom. The van der Waals surface area contributed by atoms with Crippen molar-refractivity contribution in [1.82, 2.24) is 29.8 Å². The molecule has 4 aromatic rings. The maximum Gasteiger partial charge on any atom is 0.331 e. The molecule has 2 aromatic heterocycles. The van der Waals surface area contributed by atoms with Crippen LogP contribution in [0, 0.1) is 5.95 Å². The summed E-state index contributed by atoms with van der Waals surface area (Å²) in [5.74, 6) is 0.136. The standard InChI is InChI=1S/C25H29FN6O/c1-4-6-11-22-23(26)32(17(3)5-2)25(33)31(22)16-18-12-14-19(15-13-18)20-9-7-8-10-21(20)24-27-29-30-28-24/h7-10,12-15,17H,4-6,11,16H2,1-3H3,(H,27,28,29,30). The van der Waals surface area contributed by atoms with Crippen molar-refractivity contribution in [3.8, 4) is 22.5 Å². The number of H-pyrrole nitrogens is 1. The molecule has 4 rings (SSSR count). The van der Waals surface area contributed by atoms with Crippen molar-refractivity contribution in [2.75, 3.05) is 0 Å². The van der Waals surface area contributed by atoms with Crippen molar-refractivity contribution in [1.29, 1.82) is 0 Å². The molecule has 1 N–H and O–H groups in total. The zero-order valence-electron chi connectivity index (χ0n) is 19.3. The van der Waals surface area contributed by atoms with E-state index in [1.807, 2.05) is 62.4 Å². The highest BCUT2D eigenvalue weighted by Gasteiger charge is 2.22. The summed E-state index contributed by atoms with van der Waals surface area (Å²) in [6, 6.07) is 15.7. The molecule has 1 atom stereocenters. The fourth-order valence-electron chi connectivity index (χ4n) is 4.07. The number of rotatable bonds is 9. The van der Waals surface area contributed by atoms with Crippen LogP contribution in [0.3, 0.4) is 0 Å². The number of benzene rings is 2. The van der Waals surface area contributed by atoms with Gasteiger partial charge >= 0.3 is 5.69 Å². The van der Waals surface area contributed by atoms with Crippen molar-refractivity contribution in [2.24, 2.45) is 0 Å². The summed E-state index contributed by atoms with van der Waals surface area (Å²) in [4.78, 5) is 13.1. The number of hydrogen-bond donors (Lipinski definition) is 1. The number of nitrogens with one attached hydrogen (secondary N) is 1. The van der Waals surface area contributed by atoms with Gasteiger partial charge in [-0.1, -0.05) is 68.8 Å². The summed E-state index contributed by atoms with van der Waals surface area (Å²) in [7, 11) is 0. The van der Waals surface area contributed by atoms with E-state index in [0.29, 0.717) is 30.9 Å². The molecule has 33 heavy (non-hydrogen) atoms. The van der Waals surface area contributed by atoms with Crippen LogP contribution < -0.4 is 5.69 Å². The first kappa shape index (κ1) is 22.6. The van der Waals surface area contributed by atoms with E-state index in [2.05, 4.69) is 27.5 Å². The molecule has 172 valence electrons. The number of nitrogens with zero attached hydrogens (tertiary/aromatic N) is 5. The molecule has 8 heteroatoms. The molecule has 1 unspecified atom stereocenters. The van der Waals surface area contributed by atoms with Crippen LogP contribution in [0.15, 0.2) is 53.3 Å². The van der Waals surface area contributed by atoms with Gasteiger partial charge in [-0.15, -0.1) is 10.2 Å². The number of hydrogen-bond acceptors (Lipinski definition) is 4. The van der Waals surface area contributed by atoms with Crippen molar-refractivity contribution >= 4 is 0 Å². The highest BCUT2D eigenvalue weighted by atomic mass is 19.1. The van der Waals surface area contributed by atoms with Gasteiger partial charge < -0.3 is 0 Å². The van der Waals surface area contributed by atoms with Crippen LogP contribution in [0.5, 0.6) is 0 Å². The van der Waals surface area contributed by atoms with Gasteiger partial charge in [-0.25, -0.2) is 4.79 Å². The van der Waals surface area contributed by atoms with Crippen LogP contribution in [0.25, 0.3) is 22.5 Å². The Kier molecular flexibility index (Phi) is 6.82. The highest BCUT2D eigenvalue weighted by Crippen LogP contribution is 2.30. The van der Waals surface area contributed by atoms with Crippen molar-refractivity contribution < 1.29 is 4.39 Å². The third-order valence-corrected chi connectivity index (χ3v) is 6.13. The molecule has 0 aliphatic carbocycles. The molecule has 0 aliphatic rings. The smallest absolute Gasteiger partial charge is 0.289 e. The number of imidazole rings is 1. The topological polar surface area (TPSA) is 81.4 Å². The lowest BCUT2D eigenvalue weighted by atomic mass is 9.98. The van der Waals surface area contributed by atoms with E-state index in [1.165, 1.54) is 4.57 Å². The van der Waals surface area contributed by atoms with Crippen LogP contribution in [0.2, 0.25) is 0 Å². The Bertz CT molecular complexity index is 1260. The van der Waals surface area contributed by atoms with E-state index in [9.17, 15) is 4.79 Å². The summed E-state index contributed by atoms with van der Waals surface area (Å²) in [6.45, 7) is 6.25. The molecule has 0 radical (unpaired) electrons. The zero-order chi connectivity index (χ0) is 23.4. The molecule has 7 nitrogen and oxygen atoms in total. The molecular formula is C25H29FN6O. The summed E-state index contributed by atoms with van der Waals surface area (Å²) < 4.78 is 18.1. The number of aromatic nitrogens is 6. The van der Waals surface area contributed by atoms with Gasteiger partial charge in [0.15, 0.2) is 0 Å². The normalized spacial score (nSPS) is 12.2. The third-order valence-electron chi connectivity index (χ3n) is 6.13. The van der Waals surface area contributed by atoms with Gasteiger partial charge in [0.25, 0.3) is 0 Å². The Balaban J connectivity index is 1.67. The molecular weight excluding hydrogens is 419 g/mol. The van der Waals surface area contributed by atoms with E-state index in [-0.39, 0.29) is 11.7 Å². The Morgan fingerprint density at radius 2 is 1.79 bits per heavy atom. The minimum atomic E-state index is -0.395. The van der Waals surface area contributed by atoms with Gasteiger partial charge in [0.1, 0.15) is 0 Å². The van der Waals surface area contributed by atoms with Crippen LogP contribution in [0.1, 0.15) is 57.3 Å². The minimum absolute atomic E-state index is 0.178. The lowest BCUT2D eigenvalue weighted by molar-refractivity contribution is 0.413. The van der Waals surface area contributed by atoms with Crippen LogP contribution >= 0.6 is 0 Å². The fraction of sp³-hybridized carbons (Fsp3) is 0.360. The van der Waals surface area contributed by atoms with E-state index in [4.69, 9.17) is 0 Å². The second kappa shape index (κ2) is 9.94. The van der Waals surface area contributed by atoms with Gasteiger partial charge in [-0.05, 0) is 48.1 Å². The first-order chi connectivity index (χ1) is 16.0. The van der Waals surface area contributed by atoms with Crippen molar-refractivity contribution in [3.63, 3.8) is 0 Å². The Morgan fingerprint density at radius 1 is 1.06 bits per heavy atom. The van der Waals surface area contributed by atoms with Gasteiger partial charge in [0.05, 0.1) is 12.2 Å². The van der Waals surface area contributed by atoms with Crippen LogP contribution in [-0.4, -0.2) is 29.8 Å². The molecule has 0 saturated heterocycles. The summed E-state index contributed by atoms with van der Waals surface area (Å²) in [5.41, 5.74) is 4.02. The average molecular weight is 449 g/mol. The predicted molar refractivity (Wildman–Crippen MR) is 126 cm³/mol. The first-order valence-corrected chi connectivity index (χ1v) is 11.5. The maximum absolute atomic E-state index is 15.2. The molecule has 0 amide bonds. The molecule has 0 fully saturated rings. The predicted octanol–water partition coefficient (Wildman–Crippen LogP) is 5.00. The van der Waals surface area contributed by atoms with Crippen molar-refractivity contribution in [3.05, 3.63) is 76.2 Å².